The Labute approximate surface area is 234 Å². The van der Waals surface area contributed by atoms with E-state index in [4.69, 9.17) is 20.8 Å². The van der Waals surface area contributed by atoms with Crippen molar-refractivity contribution in [3.63, 3.8) is 0 Å². The predicted molar refractivity (Wildman–Crippen MR) is 144 cm³/mol. The molecule has 1 fully saturated rings. The molecule has 4 heterocycles. The quantitative estimate of drug-likeness (QED) is 0.276. The molecule has 198 valence electrons. The van der Waals surface area contributed by atoms with Gasteiger partial charge in [-0.15, -0.1) is 22.0 Å². The fourth-order valence-electron chi connectivity index (χ4n) is 4.01. The van der Waals surface area contributed by atoms with E-state index in [9.17, 15) is 19.5 Å². The van der Waals surface area contributed by atoms with E-state index < -0.39 is 29.2 Å². The number of carbonyl (C=O) groups is 3. The molecule has 0 bridgehead atoms. The Balaban J connectivity index is 1.21. The second-order valence-corrected chi connectivity index (χ2v) is 12.4. The number of furan rings is 1. The van der Waals surface area contributed by atoms with E-state index in [1.165, 1.54) is 45.8 Å². The molecule has 0 radical (unpaired) electrons. The summed E-state index contributed by atoms with van der Waals surface area (Å²) < 4.78 is 12.1. The minimum Gasteiger partial charge on any atom is -0.484 e. The number of nitrogens with one attached hydrogen (secondary N) is 1. The van der Waals surface area contributed by atoms with Crippen molar-refractivity contribution in [1.82, 2.24) is 20.4 Å². The molecule has 38 heavy (non-hydrogen) atoms. The van der Waals surface area contributed by atoms with Crippen LogP contribution in [-0.2, 0) is 16.2 Å². The largest absolute Gasteiger partial charge is 0.484 e. The number of aromatic nitrogens is 2. The highest BCUT2D eigenvalue weighted by Crippen LogP contribution is 2.42. The third kappa shape index (κ3) is 5.28. The van der Waals surface area contributed by atoms with E-state index in [2.05, 4.69) is 15.5 Å². The van der Waals surface area contributed by atoms with Gasteiger partial charge in [0.15, 0.2) is 10.1 Å². The number of aliphatic carboxylic acids is 1. The number of thioether (sulfide) groups is 2. The number of aryl methyl sites for hydroxylation is 2. The molecule has 0 saturated carbocycles. The molecule has 5 rings (SSSR count). The Morgan fingerprint density at radius 3 is 2.82 bits per heavy atom. The first-order valence-electron chi connectivity index (χ1n) is 11.3. The lowest BCUT2D eigenvalue weighted by atomic mass is 10.0. The molecule has 2 aliphatic heterocycles. The lowest BCUT2D eigenvalue weighted by Crippen LogP contribution is -2.70. The second-order valence-electron chi connectivity index (χ2n) is 8.43. The fraction of sp³-hybridized carbons (Fsp3) is 0.292. The third-order valence-electron chi connectivity index (χ3n) is 5.82. The first-order valence-corrected chi connectivity index (χ1v) is 14.6. The van der Waals surface area contributed by atoms with Gasteiger partial charge >= 0.3 is 5.97 Å². The number of β-lactam (4-membered cyclic amide) rings is 1. The van der Waals surface area contributed by atoms with Crippen molar-refractivity contribution in [3.8, 4) is 5.75 Å². The van der Waals surface area contributed by atoms with Gasteiger partial charge in [-0.2, -0.15) is 0 Å². The minimum absolute atomic E-state index is 0.0185. The minimum atomic E-state index is -1.18. The van der Waals surface area contributed by atoms with Crippen molar-refractivity contribution in [3.05, 3.63) is 68.7 Å². The highest BCUT2D eigenvalue weighted by atomic mass is 35.5. The number of benzene rings is 1. The average molecular weight is 593 g/mol. The third-order valence-corrected chi connectivity index (χ3v) is 9.52. The predicted octanol–water partition coefficient (Wildman–Crippen LogP) is 4.12. The molecular formula is C24H21ClN4O6S3. The lowest BCUT2D eigenvalue weighted by Gasteiger charge is -2.49. The molecule has 10 nitrogen and oxygen atoms in total. The number of carboxylic acids is 1. The van der Waals surface area contributed by atoms with Crippen LogP contribution >= 0.6 is 46.5 Å². The van der Waals surface area contributed by atoms with Gasteiger partial charge in [0.25, 0.3) is 11.8 Å². The molecule has 2 aromatic heterocycles. The van der Waals surface area contributed by atoms with Crippen molar-refractivity contribution < 1.29 is 28.6 Å². The first-order chi connectivity index (χ1) is 18.2. The van der Waals surface area contributed by atoms with Gasteiger partial charge in [0.05, 0.1) is 5.02 Å². The monoisotopic (exact) mass is 592 g/mol. The maximum Gasteiger partial charge on any atom is 0.352 e. The Morgan fingerprint density at radius 2 is 2.11 bits per heavy atom. The van der Waals surface area contributed by atoms with Crippen LogP contribution in [0, 0.1) is 13.8 Å². The van der Waals surface area contributed by atoms with Gasteiger partial charge in [-0.05, 0) is 43.2 Å². The first kappa shape index (κ1) is 26.6. The Kier molecular flexibility index (Phi) is 7.70. The molecule has 0 aliphatic carbocycles. The zero-order valence-corrected chi connectivity index (χ0v) is 23.3. The van der Waals surface area contributed by atoms with Crippen LogP contribution in [0.5, 0.6) is 5.75 Å². The number of hydrogen-bond acceptors (Lipinski definition) is 10. The summed E-state index contributed by atoms with van der Waals surface area (Å²) in [5.41, 5.74) is 1.45. The van der Waals surface area contributed by atoms with Crippen LogP contribution < -0.4 is 10.1 Å². The smallest absolute Gasteiger partial charge is 0.352 e. The highest BCUT2D eigenvalue weighted by molar-refractivity contribution is 8.01. The molecule has 2 amide bonds. The SMILES string of the molecule is Cc1nnc(SCC2=C(C(=O)O)N3C(=O)[C@@H](NC(=O)c4ccc(COc5c(C)cccc5Cl)o4)[C@@H]3SC2)s1. The molecule has 0 spiro atoms. The number of fused-ring (bicyclic) bond motifs is 1. The van der Waals surface area contributed by atoms with Crippen molar-refractivity contribution in [2.45, 2.75) is 36.2 Å². The number of hydrogen-bond donors (Lipinski definition) is 2. The Morgan fingerprint density at radius 1 is 1.29 bits per heavy atom. The molecule has 1 saturated heterocycles. The molecule has 2 N–H and O–H groups in total. The van der Waals surface area contributed by atoms with Crippen LogP contribution in [0.25, 0.3) is 0 Å². The van der Waals surface area contributed by atoms with E-state index in [0.717, 1.165) is 14.9 Å². The van der Waals surface area contributed by atoms with Crippen LogP contribution in [0.1, 0.15) is 26.9 Å². The molecule has 14 heteroatoms. The number of ether oxygens (including phenoxy) is 1. The van der Waals surface area contributed by atoms with Crippen LogP contribution in [-0.4, -0.2) is 60.9 Å². The van der Waals surface area contributed by atoms with Gasteiger partial charge in [-0.25, -0.2) is 4.79 Å². The summed E-state index contributed by atoms with van der Waals surface area (Å²) in [6.45, 7) is 3.78. The number of rotatable bonds is 9. The van der Waals surface area contributed by atoms with Crippen LogP contribution in [0.2, 0.25) is 5.02 Å². The molecule has 2 atom stereocenters. The molecule has 3 aromatic rings. The van der Waals surface area contributed by atoms with Gasteiger partial charge in [0, 0.05) is 11.5 Å². The molecule has 1 aromatic carbocycles. The summed E-state index contributed by atoms with van der Waals surface area (Å²) >= 11 is 10.4. The standard InChI is InChI=1S/C24H21ClN4O6S3/c1-11-4-3-5-15(25)19(11)34-8-14-6-7-16(35-14)20(30)26-17-21(31)29-18(23(32)33)13(9-36-22(17)29)10-37-24-28-27-12(2)38-24/h3-7,17,22H,8-10H2,1-2H3,(H,26,30)(H,32,33)/t17-,22+/m1/s1. The Hall–Kier alpha value is -3.00. The Bertz CT molecular complexity index is 1430. The topological polar surface area (TPSA) is 135 Å². The average Bonchev–Trinajstić information content (AvgIpc) is 3.53. The lowest BCUT2D eigenvalue weighted by molar-refractivity contribution is -0.148. The van der Waals surface area contributed by atoms with Crippen molar-refractivity contribution in [2.75, 3.05) is 11.5 Å². The summed E-state index contributed by atoms with van der Waals surface area (Å²) in [5, 5.41) is 21.3. The summed E-state index contributed by atoms with van der Waals surface area (Å²) in [6, 6.07) is 7.66. The van der Waals surface area contributed by atoms with Gasteiger partial charge in [-0.1, -0.05) is 46.8 Å². The van der Waals surface area contributed by atoms with Crippen molar-refractivity contribution in [1.29, 1.82) is 0 Å². The van der Waals surface area contributed by atoms with E-state index in [0.29, 0.717) is 33.6 Å². The van der Waals surface area contributed by atoms with Gasteiger partial charge in [0.2, 0.25) is 0 Å². The normalized spacial score (nSPS) is 18.7. The number of halogens is 1. The van der Waals surface area contributed by atoms with Crippen molar-refractivity contribution >= 4 is 64.2 Å². The van der Waals surface area contributed by atoms with Crippen LogP contribution in [0.4, 0.5) is 0 Å². The number of carbonyl (C=O) groups excluding carboxylic acids is 2. The maximum absolute atomic E-state index is 12.9. The maximum atomic E-state index is 12.9. The summed E-state index contributed by atoms with van der Waals surface area (Å²) in [7, 11) is 0. The molecular weight excluding hydrogens is 572 g/mol. The second kappa shape index (κ2) is 11.0. The molecule has 0 unspecified atom stereocenters. The molecule has 2 aliphatic rings. The van der Waals surface area contributed by atoms with E-state index in [1.54, 1.807) is 12.1 Å². The summed E-state index contributed by atoms with van der Waals surface area (Å²) in [6.07, 6.45) is 0. The van der Waals surface area contributed by atoms with Gasteiger partial charge in [-0.3, -0.25) is 14.5 Å². The number of nitrogens with zero attached hydrogens (tertiary/aromatic N) is 3. The van der Waals surface area contributed by atoms with Crippen LogP contribution in [0.3, 0.4) is 0 Å². The van der Waals surface area contributed by atoms with E-state index in [-0.39, 0.29) is 18.1 Å². The number of para-hydroxylation sites is 1. The van der Waals surface area contributed by atoms with Gasteiger partial charge < -0.3 is 19.6 Å². The fourth-order valence-corrected chi connectivity index (χ4v) is 7.59. The highest BCUT2D eigenvalue weighted by Gasteiger charge is 2.54. The zero-order chi connectivity index (χ0) is 27.0. The summed E-state index contributed by atoms with van der Waals surface area (Å²) in [4.78, 5) is 39.1. The number of amides is 2. The van der Waals surface area contributed by atoms with Crippen molar-refractivity contribution in [2.24, 2.45) is 0 Å². The number of carboxylic acid groups (broad SMARTS) is 1. The van der Waals surface area contributed by atoms with E-state index in [1.807, 2.05) is 26.0 Å². The van der Waals surface area contributed by atoms with Crippen LogP contribution in [0.15, 0.2) is 50.4 Å². The zero-order valence-electron chi connectivity index (χ0n) is 20.1. The summed E-state index contributed by atoms with van der Waals surface area (Å²) in [5.74, 6) is -0.480. The van der Waals surface area contributed by atoms with E-state index >= 15 is 0 Å². The van der Waals surface area contributed by atoms with Gasteiger partial charge in [0.1, 0.15) is 40.2 Å².